The van der Waals surface area contributed by atoms with Gasteiger partial charge in [0.1, 0.15) is 5.82 Å². The quantitative estimate of drug-likeness (QED) is 0.833. The summed E-state index contributed by atoms with van der Waals surface area (Å²) in [5.74, 6) is -0.135. The zero-order chi connectivity index (χ0) is 13.0. The van der Waals surface area contributed by atoms with E-state index in [4.69, 9.17) is 4.74 Å². The van der Waals surface area contributed by atoms with E-state index in [1.165, 1.54) is 0 Å². The van der Waals surface area contributed by atoms with Gasteiger partial charge in [-0.05, 0) is 19.8 Å². The Labute approximate surface area is 105 Å². The monoisotopic (exact) mass is 251 g/mol. The summed E-state index contributed by atoms with van der Waals surface area (Å²) >= 11 is 0. The van der Waals surface area contributed by atoms with Gasteiger partial charge in [0.2, 0.25) is 0 Å². The number of hydrogen-bond acceptors (Lipinski definition) is 5. The summed E-state index contributed by atoms with van der Waals surface area (Å²) in [5.41, 5.74) is 0.00691. The van der Waals surface area contributed by atoms with Crippen molar-refractivity contribution < 1.29 is 14.6 Å². The first-order valence-electron chi connectivity index (χ1n) is 5.97. The minimum atomic E-state index is -0.778. The maximum absolute atomic E-state index is 11.5. The Hall–Kier alpha value is -1.69. The third-order valence-corrected chi connectivity index (χ3v) is 3.38. The van der Waals surface area contributed by atoms with Gasteiger partial charge in [0.05, 0.1) is 11.1 Å². The van der Waals surface area contributed by atoms with Crippen LogP contribution in [-0.4, -0.2) is 40.8 Å². The van der Waals surface area contributed by atoms with E-state index in [1.54, 1.807) is 12.4 Å². The average Bonchev–Trinajstić information content (AvgIpc) is 2.39. The highest BCUT2D eigenvalue weighted by atomic mass is 16.5. The van der Waals surface area contributed by atoms with Crippen molar-refractivity contribution in [2.45, 2.75) is 19.8 Å². The number of nitrogens with one attached hydrogen (secondary N) is 1. The second-order valence-corrected chi connectivity index (χ2v) is 4.54. The molecule has 1 aliphatic rings. The number of aliphatic carboxylic acids is 1. The zero-order valence-corrected chi connectivity index (χ0v) is 10.3. The summed E-state index contributed by atoms with van der Waals surface area (Å²) in [5, 5.41) is 12.5. The van der Waals surface area contributed by atoms with Gasteiger partial charge in [-0.15, -0.1) is 0 Å². The lowest BCUT2D eigenvalue weighted by Crippen LogP contribution is -2.42. The lowest BCUT2D eigenvalue weighted by Gasteiger charge is -2.33. The molecule has 6 heteroatoms. The molecular formula is C12H17N3O3. The second kappa shape index (κ2) is 5.30. The molecule has 1 saturated heterocycles. The molecule has 1 aliphatic heterocycles. The Balaban J connectivity index is 2.06. The normalized spacial score (nSPS) is 18.3. The van der Waals surface area contributed by atoms with Crippen LogP contribution in [0.15, 0.2) is 12.4 Å². The number of rotatable bonds is 4. The first-order chi connectivity index (χ1) is 8.64. The molecule has 2 heterocycles. The Bertz CT molecular complexity index is 430. The molecule has 0 saturated carbocycles. The smallest absolute Gasteiger partial charge is 0.311 e. The minimum absolute atomic E-state index is 0.352. The number of ether oxygens (including phenoxy) is 1. The average molecular weight is 251 g/mol. The molecular weight excluding hydrogens is 234 g/mol. The molecule has 1 fully saturated rings. The third kappa shape index (κ3) is 2.59. The standard InChI is InChI=1S/C12H17N3O3/c1-9-10(14-5-4-13-9)15-8-12(11(16)17)2-6-18-7-3-12/h4-5H,2-3,6-8H2,1H3,(H,14,15)(H,16,17). The van der Waals surface area contributed by atoms with Crippen molar-refractivity contribution in [2.24, 2.45) is 5.41 Å². The van der Waals surface area contributed by atoms with Gasteiger partial charge in [-0.1, -0.05) is 0 Å². The van der Waals surface area contributed by atoms with Crippen LogP contribution in [0.2, 0.25) is 0 Å². The van der Waals surface area contributed by atoms with E-state index in [-0.39, 0.29) is 0 Å². The minimum Gasteiger partial charge on any atom is -0.481 e. The maximum atomic E-state index is 11.5. The van der Waals surface area contributed by atoms with Crippen molar-refractivity contribution in [3.8, 4) is 0 Å². The highest BCUT2D eigenvalue weighted by Gasteiger charge is 2.40. The molecule has 0 unspecified atom stereocenters. The van der Waals surface area contributed by atoms with Crippen LogP contribution in [0, 0.1) is 12.3 Å². The fourth-order valence-corrected chi connectivity index (χ4v) is 2.06. The van der Waals surface area contributed by atoms with E-state index >= 15 is 0 Å². The van der Waals surface area contributed by atoms with Gasteiger partial charge >= 0.3 is 5.97 Å². The van der Waals surface area contributed by atoms with Crippen molar-refractivity contribution in [2.75, 3.05) is 25.1 Å². The van der Waals surface area contributed by atoms with Crippen LogP contribution < -0.4 is 5.32 Å². The molecule has 0 bridgehead atoms. The van der Waals surface area contributed by atoms with Crippen LogP contribution in [0.1, 0.15) is 18.5 Å². The molecule has 98 valence electrons. The summed E-state index contributed by atoms with van der Waals surface area (Å²) in [7, 11) is 0. The molecule has 0 aromatic carbocycles. The summed E-state index contributed by atoms with van der Waals surface area (Å²) < 4.78 is 5.23. The first kappa shape index (κ1) is 12.8. The van der Waals surface area contributed by atoms with Crippen LogP contribution in [0.5, 0.6) is 0 Å². The fraction of sp³-hybridized carbons (Fsp3) is 0.583. The Kier molecular flexibility index (Phi) is 3.76. The topological polar surface area (TPSA) is 84.3 Å². The first-order valence-corrected chi connectivity index (χ1v) is 5.97. The van der Waals surface area contributed by atoms with E-state index in [0.717, 1.165) is 5.69 Å². The predicted molar refractivity (Wildman–Crippen MR) is 65.4 cm³/mol. The van der Waals surface area contributed by atoms with Crippen molar-refractivity contribution in [3.05, 3.63) is 18.1 Å². The second-order valence-electron chi connectivity index (χ2n) is 4.54. The van der Waals surface area contributed by atoms with Crippen LogP contribution in [0.25, 0.3) is 0 Å². The highest BCUT2D eigenvalue weighted by molar-refractivity contribution is 5.75. The van der Waals surface area contributed by atoms with Crippen molar-refractivity contribution in [3.63, 3.8) is 0 Å². The lowest BCUT2D eigenvalue weighted by atomic mass is 9.80. The molecule has 0 aliphatic carbocycles. The van der Waals surface area contributed by atoms with Gasteiger partial charge in [-0.25, -0.2) is 4.98 Å². The van der Waals surface area contributed by atoms with E-state index < -0.39 is 11.4 Å². The molecule has 1 aromatic rings. The number of aryl methyl sites for hydroxylation is 1. The van der Waals surface area contributed by atoms with Gasteiger partial charge < -0.3 is 15.2 Å². The molecule has 2 N–H and O–H groups in total. The van der Waals surface area contributed by atoms with E-state index in [0.29, 0.717) is 38.4 Å². The number of carboxylic acid groups (broad SMARTS) is 1. The maximum Gasteiger partial charge on any atom is 0.311 e. The Morgan fingerprint density at radius 3 is 2.72 bits per heavy atom. The molecule has 1 aromatic heterocycles. The summed E-state index contributed by atoms with van der Waals surface area (Å²) in [6, 6.07) is 0. The van der Waals surface area contributed by atoms with Crippen LogP contribution in [0.4, 0.5) is 5.82 Å². The largest absolute Gasteiger partial charge is 0.481 e. The van der Waals surface area contributed by atoms with Gasteiger partial charge in [0.15, 0.2) is 0 Å². The van der Waals surface area contributed by atoms with Gasteiger partial charge in [-0.2, -0.15) is 0 Å². The summed E-state index contributed by atoms with van der Waals surface area (Å²) in [4.78, 5) is 19.7. The van der Waals surface area contributed by atoms with Gasteiger partial charge in [0, 0.05) is 32.2 Å². The molecule has 18 heavy (non-hydrogen) atoms. The van der Waals surface area contributed by atoms with Gasteiger partial charge in [0.25, 0.3) is 0 Å². The predicted octanol–water partition coefficient (Wildman–Crippen LogP) is 1.08. The summed E-state index contributed by atoms with van der Waals surface area (Å²) in [6.07, 6.45) is 4.25. The number of carbonyl (C=O) groups is 1. The SMILES string of the molecule is Cc1nccnc1NCC1(C(=O)O)CCOCC1. The van der Waals surface area contributed by atoms with Crippen molar-refractivity contribution in [1.29, 1.82) is 0 Å². The summed E-state index contributed by atoms with van der Waals surface area (Å²) in [6.45, 7) is 3.18. The van der Waals surface area contributed by atoms with Crippen LogP contribution in [0.3, 0.4) is 0 Å². The number of anilines is 1. The Morgan fingerprint density at radius 1 is 1.44 bits per heavy atom. The molecule has 2 rings (SSSR count). The van der Waals surface area contributed by atoms with Crippen LogP contribution >= 0.6 is 0 Å². The highest BCUT2D eigenvalue weighted by Crippen LogP contribution is 2.31. The molecule has 6 nitrogen and oxygen atoms in total. The van der Waals surface area contributed by atoms with Gasteiger partial charge in [-0.3, -0.25) is 9.78 Å². The van der Waals surface area contributed by atoms with Crippen molar-refractivity contribution in [1.82, 2.24) is 9.97 Å². The van der Waals surface area contributed by atoms with Crippen LogP contribution in [-0.2, 0) is 9.53 Å². The number of nitrogens with zero attached hydrogens (tertiary/aromatic N) is 2. The third-order valence-electron chi connectivity index (χ3n) is 3.38. The number of aromatic nitrogens is 2. The Morgan fingerprint density at radius 2 is 2.11 bits per heavy atom. The van der Waals surface area contributed by atoms with E-state index in [1.807, 2.05) is 6.92 Å². The number of hydrogen-bond donors (Lipinski definition) is 2. The number of carboxylic acids is 1. The molecule has 0 amide bonds. The zero-order valence-electron chi connectivity index (χ0n) is 10.3. The fourth-order valence-electron chi connectivity index (χ4n) is 2.06. The van der Waals surface area contributed by atoms with E-state index in [2.05, 4.69) is 15.3 Å². The molecule has 0 radical (unpaired) electrons. The van der Waals surface area contributed by atoms with E-state index in [9.17, 15) is 9.90 Å². The lowest BCUT2D eigenvalue weighted by molar-refractivity contribution is -0.153. The van der Waals surface area contributed by atoms with Crippen molar-refractivity contribution >= 4 is 11.8 Å². The molecule has 0 spiro atoms. The molecule has 0 atom stereocenters.